The Balaban J connectivity index is 2.52. The summed E-state index contributed by atoms with van der Waals surface area (Å²) in [7, 11) is 0. The smallest absolute Gasteiger partial charge is 0.137 e. The maximum absolute atomic E-state index is 5.66. The summed E-state index contributed by atoms with van der Waals surface area (Å²) in [5, 5.41) is 0. The predicted molar refractivity (Wildman–Crippen MR) is 74.7 cm³/mol. The molecular weight excluding hydrogens is 232 g/mol. The molecule has 3 heteroatoms. The predicted octanol–water partition coefficient (Wildman–Crippen LogP) is 4.24. The van der Waals surface area contributed by atoms with E-state index in [0.717, 1.165) is 17.1 Å². The van der Waals surface area contributed by atoms with Crippen LogP contribution in [-0.2, 0) is 0 Å². The second-order valence-electron chi connectivity index (χ2n) is 3.37. The molecule has 2 nitrogen and oxygen atoms in total. The third-order valence-electron chi connectivity index (χ3n) is 2.16. The molecule has 0 aliphatic carbocycles. The van der Waals surface area contributed by atoms with Crippen molar-refractivity contribution in [2.45, 2.75) is 13.8 Å². The third-order valence-corrected chi connectivity index (χ3v) is 2.52. The topological polar surface area (TPSA) is 18.5 Å². The van der Waals surface area contributed by atoms with E-state index in [9.17, 15) is 0 Å². The van der Waals surface area contributed by atoms with Crippen LogP contribution in [0.2, 0.25) is 0 Å². The molecule has 0 aromatic heterocycles. The van der Waals surface area contributed by atoms with Gasteiger partial charge in [-0.2, -0.15) is 0 Å². The van der Waals surface area contributed by atoms with Crippen molar-refractivity contribution in [2.75, 3.05) is 12.9 Å². The minimum Gasteiger partial charge on any atom is -0.489 e. The van der Waals surface area contributed by atoms with E-state index in [1.54, 1.807) is 0 Å². The summed E-state index contributed by atoms with van der Waals surface area (Å²) in [4.78, 5) is 0. The van der Waals surface area contributed by atoms with Crippen molar-refractivity contribution in [1.29, 1.82) is 0 Å². The highest BCUT2D eigenvalue weighted by Gasteiger charge is 1.97. The van der Waals surface area contributed by atoms with Gasteiger partial charge in [0.15, 0.2) is 0 Å². The Hall–Kier alpha value is -1.35. The zero-order valence-electron chi connectivity index (χ0n) is 10.5. The van der Waals surface area contributed by atoms with Crippen LogP contribution in [0.3, 0.4) is 0 Å². The van der Waals surface area contributed by atoms with Crippen molar-refractivity contribution in [3.8, 4) is 11.5 Å². The maximum Gasteiger partial charge on any atom is 0.137 e. The first-order chi connectivity index (χ1) is 8.30. The lowest BCUT2D eigenvalue weighted by Crippen LogP contribution is -1.99. The molecule has 0 atom stereocenters. The quantitative estimate of drug-likeness (QED) is 0.555. The van der Waals surface area contributed by atoms with Crippen LogP contribution in [0.15, 0.2) is 48.1 Å². The minimum absolute atomic E-state index is 0.587. The highest BCUT2D eigenvalue weighted by Crippen LogP contribution is 2.20. The van der Waals surface area contributed by atoms with E-state index >= 15 is 0 Å². The standard InChI is InChI=1S/C14H18O2S/c1-4-6-12(5-2)11-15-13-7-9-14(10-8-13)16-17-3/h4-10H,11H2,1-3H3/b6-4-,12-5+. The van der Waals surface area contributed by atoms with Gasteiger partial charge in [-0.3, -0.25) is 0 Å². The Morgan fingerprint density at radius 1 is 1.18 bits per heavy atom. The molecule has 1 aromatic carbocycles. The lowest BCUT2D eigenvalue weighted by molar-refractivity contribution is 0.355. The van der Waals surface area contributed by atoms with Crippen LogP contribution in [0.5, 0.6) is 11.5 Å². The number of rotatable bonds is 6. The normalized spacial score (nSPS) is 11.8. The first-order valence-corrected chi connectivity index (χ1v) is 6.66. The molecule has 0 spiro atoms. The van der Waals surface area contributed by atoms with Gasteiger partial charge in [0, 0.05) is 6.26 Å². The van der Waals surface area contributed by atoms with E-state index in [1.165, 1.54) is 12.0 Å². The average molecular weight is 250 g/mol. The van der Waals surface area contributed by atoms with Gasteiger partial charge in [0.05, 0.1) is 12.0 Å². The minimum atomic E-state index is 0.587. The molecule has 0 heterocycles. The van der Waals surface area contributed by atoms with Gasteiger partial charge >= 0.3 is 0 Å². The van der Waals surface area contributed by atoms with Crippen LogP contribution in [0.4, 0.5) is 0 Å². The van der Waals surface area contributed by atoms with Crippen LogP contribution in [0, 0.1) is 0 Å². The Morgan fingerprint density at radius 3 is 2.35 bits per heavy atom. The van der Waals surface area contributed by atoms with Crippen LogP contribution in [-0.4, -0.2) is 12.9 Å². The van der Waals surface area contributed by atoms with Crippen LogP contribution >= 0.6 is 12.0 Å². The fourth-order valence-corrected chi connectivity index (χ4v) is 1.60. The molecule has 1 aromatic rings. The Labute approximate surface area is 108 Å². The largest absolute Gasteiger partial charge is 0.489 e. The third kappa shape index (κ3) is 5.00. The lowest BCUT2D eigenvalue weighted by atomic mass is 10.2. The van der Waals surface area contributed by atoms with Gasteiger partial charge in [0.25, 0.3) is 0 Å². The summed E-state index contributed by atoms with van der Waals surface area (Å²) in [5.41, 5.74) is 1.16. The molecular formula is C14H18O2S. The molecule has 0 aliphatic rings. The molecule has 0 N–H and O–H groups in total. The second-order valence-corrected chi connectivity index (χ2v) is 3.87. The molecule has 0 amide bonds. The summed E-state index contributed by atoms with van der Waals surface area (Å²) in [6.07, 6.45) is 7.99. The summed E-state index contributed by atoms with van der Waals surface area (Å²) < 4.78 is 10.9. The highest BCUT2D eigenvalue weighted by atomic mass is 32.2. The second kappa shape index (κ2) is 7.85. The van der Waals surface area contributed by atoms with Crippen molar-refractivity contribution in [3.05, 3.63) is 48.1 Å². The monoisotopic (exact) mass is 250 g/mol. The number of hydrogen-bond acceptors (Lipinski definition) is 3. The Kier molecular flexibility index (Phi) is 6.33. The van der Waals surface area contributed by atoms with E-state index in [2.05, 4.69) is 0 Å². The summed E-state index contributed by atoms with van der Waals surface area (Å²) >= 11 is 1.33. The van der Waals surface area contributed by atoms with Gasteiger partial charge in [-0.15, -0.1) is 0 Å². The summed E-state index contributed by atoms with van der Waals surface area (Å²) in [6, 6.07) is 7.62. The van der Waals surface area contributed by atoms with Crippen molar-refractivity contribution in [1.82, 2.24) is 0 Å². The molecule has 0 bridgehead atoms. The van der Waals surface area contributed by atoms with Gasteiger partial charge in [-0.1, -0.05) is 18.2 Å². The Bertz CT molecular complexity index is 380. The molecule has 0 unspecified atom stereocenters. The molecule has 17 heavy (non-hydrogen) atoms. The van der Waals surface area contributed by atoms with E-state index in [-0.39, 0.29) is 0 Å². The first kappa shape index (κ1) is 13.7. The van der Waals surface area contributed by atoms with Gasteiger partial charge in [-0.25, -0.2) is 0 Å². The summed E-state index contributed by atoms with van der Waals surface area (Å²) in [5.74, 6) is 1.69. The van der Waals surface area contributed by atoms with E-state index in [0.29, 0.717) is 6.61 Å². The van der Waals surface area contributed by atoms with Crippen molar-refractivity contribution < 1.29 is 8.92 Å². The lowest BCUT2D eigenvalue weighted by Gasteiger charge is -2.07. The van der Waals surface area contributed by atoms with Crippen molar-refractivity contribution in [3.63, 3.8) is 0 Å². The number of benzene rings is 1. The molecule has 0 saturated heterocycles. The fraction of sp³-hybridized carbons (Fsp3) is 0.286. The highest BCUT2D eigenvalue weighted by molar-refractivity contribution is 7.94. The van der Waals surface area contributed by atoms with Gasteiger partial charge in [0.1, 0.15) is 18.1 Å². The molecule has 1 rings (SSSR count). The van der Waals surface area contributed by atoms with Gasteiger partial charge in [0.2, 0.25) is 0 Å². The Morgan fingerprint density at radius 2 is 1.82 bits per heavy atom. The van der Waals surface area contributed by atoms with E-state index < -0.39 is 0 Å². The van der Waals surface area contributed by atoms with Crippen molar-refractivity contribution >= 4 is 12.0 Å². The molecule has 0 radical (unpaired) electrons. The zero-order valence-corrected chi connectivity index (χ0v) is 11.3. The molecule has 0 aliphatic heterocycles. The number of allylic oxidation sites excluding steroid dienone is 2. The van der Waals surface area contributed by atoms with Crippen LogP contribution < -0.4 is 8.92 Å². The maximum atomic E-state index is 5.66. The van der Waals surface area contributed by atoms with Crippen LogP contribution in [0.1, 0.15) is 13.8 Å². The molecule has 0 fully saturated rings. The number of ether oxygens (including phenoxy) is 1. The number of hydrogen-bond donors (Lipinski definition) is 0. The fourth-order valence-electron chi connectivity index (χ4n) is 1.30. The zero-order chi connectivity index (χ0) is 12.5. The summed E-state index contributed by atoms with van der Waals surface area (Å²) in [6.45, 7) is 4.59. The van der Waals surface area contributed by atoms with Crippen molar-refractivity contribution in [2.24, 2.45) is 0 Å². The van der Waals surface area contributed by atoms with E-state index in [4.69, 9.17) is 8.92 Å². The molecule has 0 saturated carbocycles. The van der Waals surface area contributed by atoms with Gasteiger partial charge < -0.3 is 8.92 Å². The SMILES string of the molecule is C/C=C\C(=C/C)COc1ccc(OSC)cc1. The van der Waals surface area contributed by atoms with E-state index in [1.807, 2.05) is 62.6 Å². The average Bonchev–Trinajstić information content (AvgIpc) is 2.36. The van der Waals surface area contributed by atoms with Crippen LogP contribution in [0.25, 0.3) is 0 Å². The van der Waals surface area contributed by atoms with Gasteiger partial charge in [-0.05, 0) is 43.7 Å². The molecule has 92 valence electrons. The first-order valence-electron chi connectivity index (χ1n) is 5.51.